The van der Waals surface area contributed by atoms with Crippen molar-refractivity contribution in [2.45, 2.75) is 32.1 Å². The van der Waals surface area contributed by atoms with Gasteiger partial charge in [-0.25, -0.2) is 0 Å². The Labute approximate surface area is 232 Å². The predicted octanol–water partition coefficient (Wildman–Crippen LogP) is 8.44. The Kier molecular flexibility index (Phi) is 9.68. The lowest BCUT2D eigenvalue weighted by Gasteiger charge is -2.18. The highest BCUT2D eigenvalue weighted by atomic mass is 35.5. The molecule has 37 heavy (non-hydrogen) atoms. The molecule has 1 aliphatic rings. The van der Waals surface area contributed by atoms with E-state index >= 15 is 0 Å². The van der Waals surface area contributed by atoms with Gasteiger partial charge in [-0.05, 0) is 95.8 Å². The number of nitrogens with zero attached hydrogens (tertiary/aromatic N) is 1. The van der Waals surface area contributed by atoms with Crippen LogP contribution in [0.2, 0.25) is 10.0 Å². The highest BCUT2D eigenvalue weighted by Gasteiger charge is 2.21. The van der Waals surface area contributed by atoms with E-state index < -0.39 is 0 Å². The maximum Gasteiger partial charge on any atom is 0.0496 e. The van der Waals surface area contributed by atoms with Crippen LogP contribution in [0, 0.1) is 0 Å². The van der Waals surface area contributed by atoms with Crippen molar-refractivity contribution in [3.8, 4) is 0 Å². The first-order valence-electron chi connectivity index (χ1n) is 13.0. The van der Waals surface area contributed by atoms with Crippen molar-refractivity contribution in [3.05, 3.63) is 129 Å². The molecule has 0 atom stereocenters. The Bertz CT molecular complexity index is 1290. The second kappa shape index (κ2) is 13.1. The van der Waals surface area contributed by atoms with Gasteiger partial charge in [-0.3, -0.25) is 0 Å². The van der Waals surface area contributed by atoms with Crippen LogP contribution in [0.1, 0.15) is 47.1 Å². The Morgan fingerprint density at radius 2 is 1.76 bits per heavy atom. The molecule has 3 aromatic carbocycles. The summed E-state index contributed by atoms with van der Waals surface area (Å²) in [5.74, 6) is 0. The van der Waals surface area contributed by atoms with Crippen molar-refractivity contribution in [2.24, 2.45) is 0 Å². The summed E-state index contributed by atoms with van der Waals surface area (Å²) < 4.78 is 0. The average Bonchev–Trinajstić information content (AvgIpc) is 3.08. The zero-order valence-electron chi connectivity index (χ0n) is 21.9. The van der Waals surface area contributed by atoms with Gasteiger partial charge in [0.1, 0.15) is 0 Å². The van der Waals surface area contributed by atoms with E-state index in [0.717, 1.165) is 56.5 Å². The Hall–Kier alpha value is -2.78. The van der Waals surface area contributed by atoms with E-state index in [1.54, 1.807) is 0 Å². The van der Waals surface area contributed by atoms with Gasteiger partial charge in [-0.2, -0.15) is 0 Å². The van der Waals surface area contributed by atoms with Crippen LogP contribution in [-0.4, -0.2) is 32.1 Å². The van der Waals surface area contributed by atoms with E-state index in [-0.39, 0.29) is 0 Å². The molecule has 4 rings (SSSR count). The lowest BCUT2D eigenvalue weighted by Crippen LogP contribution is -2.16. The molecule has 0 amide bonds. The lowest BCUT2D eigenvalue weighted by atomic mass is 9.87. The zero-order valence-corrected chi connectivity index (χ0v) is 23.4. The molecule has 0 fully saturated rings. The van der Waals surface area contributed by atoms with Gasteiger partial charge in [0, 0.05) is 36.4 Å². The topological polar surface area (TPSA) is 15.3 Å². The number of nitrogens with one attached hydrogen (secondary N) is 1. The molecule has 0 spiro atoms. The third-order valence-corrected chi connectivity index (χ3v) is 7.47. The molecule has 192 valence electrons. The van der Waals surface area contributed by atoms with Gasteiger partial charge in [0.05, 0.1) is 0 Å². The van der Waals surface area contributed by atoms with Gasteiger partial charge < -0.3 is 10.2 Å². The Morgan fingerprint density at radius 1 is 0.973 bits per heavy atom. The van der Waals surface area contributed by atoms with Gasteiger partial charge in [0.15, 0.2) is 0 Å². The largest absolute Gasteiger partial charge is 0.378 e. The van der Waals surface area contributed by atoms with E-state index in [0.29, 0.717) is 10.0 Å². The van der Waals surface area contributed by atoms with Crippen LogP contribution in [0.15, 0.2) is 91.2 Å². The number of rotatable bonds is 10. The van der Waals surface area contributed by atoms with Crippen LogP contribution in [0.3, 0.4) is 0 Å². The first-order chi connectivity index (χ1) is 17.9. The fourth-order valence-electron chi connectivity index (χ4n) is 4.84. The third kappa shape index (κ3) is 7.17. The Balaban J connectivity index is 1.51. The summed E-state index contributed by atoms with van der Waals surface area (Å²) in [6.45, 7) is 5.85. The number of halogens is 2. The highest BCUT2D eigenvalue weighted by Crippen LogP contribution is 2.42. The first-order valence-corrected chi connectivity index (χ1v) is 13.8. The van der Waals surface area contributed by atoms with E-state index in [1.165, 1.54) is 33.4 Å². The van der Waals surface area contributed by atoms with Crippen molar-refractivity contribution in [2.75, 3.05) is 27.2 Å². The van der Waals surface area contributed by atoms with Crippen LogP contribution in [0.4, 0.5) is 0 Å². The number of likely N-dealkylation sites (N-methyl/N-ethyl adjacent to an activating group) is 1. The predicted molar refractivity (Wildman–Crippen MR) is 161 cm³/mol. The summed E-state index contributed by atoms with van der Waals surface area (Å²) in [6, 6.07) is 23.8. The molecule has 1 N–H and O–H groups in total. The maximum atomic E-state index is 6.72. The normalized spacial score (nSPS) is 13.5. The van der Waals surface area contributed by atoms with E-state index in [4.69, 9.17) is 23.2 Å². The maximum absolute atomic E-state index is 6.72. The standard InChI is InChI=1S/C33H36Cl2N2/c1-24(37(2)3)9-7-21-36-22-8-10-25-15-17-27(18-16-25)33-29-13-5-4-11-26(29)12-6-14-31(33)30-20-19-28(34)23-32(30)35/h4-5,7,9,11,13,15-20,23,36H,1,6,8,10,12,14,21-22H2,2-3H3/b9-7+. The quantitative estimate of drug-likeness (QED) is 0.209. The molecular weight excluding hydrogens is 495 g/mol. The van der Waals surface area contributed by atoms with Crippen molar-refractivity contribution < 1.29 is 0 Å². The molecule has 0 saturated heterocycles. The summed E-state index contributed by atoms with van der Waals surface area (Å²) in [7, 11) is 4.01. The summed E-state index contributed by atoms with van der Waals surface area (Å²) in [4.78, 5) is 2.01. The summed E-state index contributed by atoms with van der Waals surface area (Å²) >= 11 is 12.9. The molecule has 2 nitrogen and oxygen atoms in total. The van der Waals surface area contributed by atoms with Crippen molar-refractivity contribution in [1.29, 1.82) is 0 Å². The Morgan fingerprint density at radius 3 is 2.51 bits per heavy atom. The fraction of sp³-hybridized carbons (Fsp3) is 0.273. The molecule has 0 aromatic heterocycles. The molecule has 4 heteroatoms. The van der Waals surface area contributed by atoms with E-state index in [2.05, 4.69) is 78.6 Å². The smallest absolute Gasteiger partial charge is 0.0496 e. The van der Waals surface area contributed by atoms with Gasteiger partial charge in [-0.15, -0.1) is 0 Å². The number of hydrogen-bond acceptors (Lipinski definition) is 2. The number of hydrogen-bond donors (Lipinski definition) is 1. The van der Waals surface area contributed by atoms with Gasteiger partial charge in [0.25, 0.3) is 0 Å². The third-order valence-electron chi connectivity index (χ3n) is 6.93. The second-order valence-corrected chi connectivity index (χ2v) is 10.6. The molecule has 0 radical (unpaired) electrons. The average molecular weight is 532 g/mol. The fourth-order valence-corrected chi connectivity index (χ4v) is 5.37. The van der Waals surface area contributed by atoms with Crippen molar-refractivity contribution >= 4 is 34.3 Å². The van der Waals surface area contributed by atoms with Gasteiger partial charge >= 0.3 is 0 Å². The molecule has 0 unspecified atom stereocenters. The minimum Gasteiger partial charge on any atom is -0.378 e. The lowest BCUT2D eigenvalue weighted by molar-refractivity contribution is 0.532. The van der Waals surface area contributed by atoms with Crippen molar-refractivity contribution in [1.82, 2.24) is 10.2 Å². The summed E-state index contributed by atoms with van der Waals surface area (Å²) in [6.07, 6.45) is 9.47. The van der Waals surface area contributed by atoms with Gasteiger partial charge in [0.2, 0.25) is 0 Å². The molecule has 0 heterocycles. The molecule has 0 saturated carbocycles. The van der Waals surface area contributed by atoms with Crippen LogP contribution in [-0.2, 0) is 12.8 Å². The molecular formula is C33H36Cl2N2. The number of fused-ring (bicyclic) bond motifs is 1. The zero-order chi connectivity index (χ0) is 26.2. The molecule has 0 bridgehead atoms. The minimum absolute atomic E-state index is 0.666. The first kappa shape index (κ1) is 27.3. The van der Waals surface area contributed by atoms with Crippen LogP contribution in [0.25, 0.3) is 11.1 Å². The van der Waals surface area contributed by atoms with E-state index in [9.17, 15) is 0 Å². The van der Waals surface area contributed by atoms with Gasteiger partial charge in [-0.1, -0.05) is 90.5 Å². The summed E-state index contributed by atoms with van der Waals surface area (Å²) in [5.41, 5.74) is 9.98. The van der Waals surface area contributed by atoms with Crippen LogP contribution >= 0.6 is 23.2 Å². The number of allylic oxidation sites excluding steroid dienone is 2. The second-order valence-electron chi connectivity index (χ2n) is 9.78. The summed E-state index contributed by atoms with van der Waals surface area (Å²) in [5, 5.41) is 4.87. The molecule has 1 aliphatic carbocycles. The minimum atomic E-state index is 0.666. The highest BCUT2D eigenvalue weighted by molar-refractivity contribution is 6.36. The van der Waals surface area contributed by atoms with Crippen LogP contribution in [0.5, 0.6) is 0 Å². The van der Waals surface area contributed by atoms with Crippen LogP contribution < -0.4 is 5.32 Å². The van der Waals surface area contributed by atoms with Crippen molar-refractivity contribution in [3.63, 3.8) is 0 Å². The monoisotopic (exact) mass is 530 g/mol. The van der Waals surface area contributed by atoms with E-state index in [1.807, 2.05) is 31.1 Å². The number of benzene rings is 3. The SMILES string of the molecule is C=C(/C=C/CNCCCc1ccc(C2=C(c3ccc(Cl)cc3Cl)CCCc3ccccc32)cc1)N(C)C. The molecule has 3 aromatic rings. The number of aryl methyl sites for hydroxylation is 2. The molecule has 0 aliphatic heterocycles.